The van der Waals surface area contributed by atoms with Crippen LogP contribution < -0.4 is 5.32 Å². The molecule has 1 unspecified atom stereocenters. The normalized spacial score (nSPS) is 27.0. The van der Waals surface area contributed by atoms with Crippen LogP contribution in [0.15, 0.2) is 24.4 Å². The lowest BCUT2D eigenvalue weighted by Gasteiger charge is -2.27. The average Bonchev–Trinajstić information content (AvgIpc) is 3.43. The highest BCUT2D eigenvalue weighted by Crippen LogP contribution is 2.41. The zero-order valence-corrected chi connectivity index (χ0v) is 19.2. The second-order valence-corrected chi connectivity index (χ2v) is 9.67. The minimum absolute atomic E-state index is 0.0196. The number of hydrogen-bond donors (Lipinski definition) is 1. The number of ether oxygens (including phenoxy) is 1. The molecule has 2 aromatic heterocycles. The third-order valence-corrected chi connectivity index (χ3v) is 7.13. The maximum Gasteiger partial charge on any atom is 0.433 e. The molecule has 1 N–H and O–H groups in total. The predicted molar refractivity (Wildman–Crippen MR) is 119 cm³/mol. The summed E-state index contributed by atoms with van der Waals surface area (Å²) in [5, 5.41) is 11.0. The van der Waals surface area contributed by atoms with Gasteiger partial charge in [0.15, 0.2) is 0 Å². The summed E-state index contributed by atoms with van der Waals surface area (Å²) in [6, 6.07) is 2.76. The van der Waals surface area contributed by atoms with Crippen LogP contribution in [0.5, 0.6) is 0 Å². The van der Waals surface area contributed by atoms with E-state index >= 15 is 0 Å². The van der Waals surface area contributed by atoms with Gasteiger partial charge in [-0.25, -0.2) is 0 Å². The van der Waals surface area contributed by atoms with E-state index in [0.29, 0.717) is 63.0 Å². The molecule has 1 aliphatic carbocycles. The molecule has 1 saturated carbocycles. The first kappa shape index (κ1) is 22.7. The molecule has 4 heterocycles. The Hall–Kier alpha value is -2.47. The number of rotatable bonds is 5. The Bertz CT molecular complexity index is 1130. The maximum atomic E-state index is 13.5. The van der Waals surface area contributed by atoms with E-state index in [9.17, 15) is 26.3 Å². The summed E-state index contributed by atoms with van der Waals surface area (Å²) in [5.41, 5.74) is -3.94. The van der Waals surface area contributed by atoms with Crippen molar-refractivity contribution in [3.63, 3.8) is 0 Å². The first-order valence-corrected chi connectivity index (χ1v) is 11.9. The summed E-state index contributed by atoms with van der Waals surface area (Å²) in [7, 11) is 0. The lowest BCUT2D eigenvalue weighted by molar-refractivity contribution is -0.145. The van der Waals surface area contributed by atoms with Crippen LogP contribution in [0.3, 0.4) is 0 Å². The Kier molecular flexibility index (Phi) is 6.16. The Balaban J connectivity index is 1.22. The summed E-state index contributed by atoms with van der Waals surface area (Å²) in [6.07, 6.45) is -6.50. The Morgan fingerprint density at radius 2 is 1.69 bits per heavy atom. The van der Waals surface area contributed by atoms with Gasteiger partial charge in [0.25, 0.3) is 0 Å². The quantitative estimate of drug-likeness (QED) is 0.556. The van der Waals surface area contributed by atoms with E-state index in [2.05, 4.69) is 20.5 Å². The molecule has 0 aromatic carbocycles. The maximum absolute atomic E-state index is 13.5. The summed E-state index contributed by atoms with van der Waals surface area (Å²) < 4.78 is 102. The predicted octanol–water partition coefficient (Wildman–Crippen LogP) is 5.13. The number of aromatic nitrogens is 3. The first-order valence-electron chi connectivity index (χ1n) is 12.9. The van der Waals surface area contributed by atoms with Gasteiger partial charge in [0.2, 0.25) is 0 Å². The topological polar surface area (TPSA) is 63.2 Å². The fraction of sp³-hybridized carbons (Fsp3) is 0.625. The number of nitrogens with one attached hydrogen (secondary N) is 1. The highest BCUT2D eigenvalue weighted by Gasteiger charge is 2.42. The van der Waals surface area contributed by atoms with E-state index < -0.39 is 35.7 Å². The zero-order valence-electron chi connectivity index (χ0n) is 21.2. The second kappa shape index (κ2) is 9.77. The van der Waals surface area contributed by atoms with Crippen molar-refractivity contribution >= 4 is 5.82 Å². The molecule has 5 rings (SSSR count). The Labute approximate surface area is 207 Å². The number of nitrogens with zero attached hydrogens (tertiary/aromatic N) is 4. The summed E-state index contributed by atoms with van der Waals surface area (Å²) in [6.45, 7) is 1.13. The monoisotopic (exact) mass is 517 g/mol. The lowest BCUT2D eigenvalue weighted by Crippen LogP contribution is -2.32. The van der Waals surface area contributed by atoms with Gasteiger partial charge < -0.3 is 15.0 Å². The molecule has 12 heteroatoms. The van der Waals surface area contributed by atoms with Crippen molar-refractivity contribution in [3.05, 3.63) is 35.7 Å². The molecule has 3 fully saturated rings. The number of pyridine rings is 1. The molecule has 3 aliphatic rings. The van der Waals surface area contributed by atoms with E-state index in [4.69, 9.17) is 7.48 Å². The number of halogens is 6. The van der Waals surface area contributed by atoms with Crippen LogP contribution >= 0.6 is 0 Å². The number of hydrogen-bond acceptors (Lipinski definition) is 6. The zero-order chi connectivity index (χ0) is 27.3. The molecular weight excluding hydrogens is 488 g/mol. The van der Waals surface area contributed by atoms with Gasteiger partial charge in [-0.3, -0.25) is 4.98 Å². The number of alkyl halides is 6. The number of likely N-dealkylation sites (tertiary alicyclic amines) is 1. The fourth-order valence-corrected chi connectivity index (χ4v) is 5.42. The van der Waals surface area contributed by atoms with Crippen LogP contribution in [0.25, 0.3) is 11.3 Å². The molecule has 2 aromatic rings. The Morgan fingerprint density at radius 1 is 1.00 bits per heavy atom. The fourth-order valence-electron chi connectivity index (χ4n) is 5.42. The number of fused-ring (bicyclic) bond motifs is 1. The first-order chi connectivity index (χ1) is 17.8. The molecule has 0 amide bonds. The van der Waals surface area contributed by atoms with Crippen molar-refractivity contribution in [2.45, 2.75) is 44.1 Å². The van der Waals surface area contributed by atoms with E-state index in [-0.39, 0.29) is 23.7 Å². The van der Waals surface area contributed by atoms with E-state index in [1.54, 1.807) is 0 Å². The van der Waals surface area contributed by atoms with Crippen molar-refractivity contribution in [1.29, 1.82) is 0 Å². The molecule has 2 saturated heterocycles. The highest BCUT2D eigenvalue weighted by atomic mass is 19.4. The molecule has 0 spiro atoms. The molecule has 0 bridgehead atoms. The van der Waals surface area contributed by atoms with Crippen molar-refractivity contribution in [1.82, 2.24) is 20.1 Å². The van der Waals surface area contributed by atoms with Crippen LogP contribution in [0.2, 0.25) is 0 Å². The summed E-state index contributed by atoms with van der Waals surface area (Å²) in [4.78, 5) is 5.10. The van der Waals surface area contributed by atoms with Gasteiger partial charge in [0, 0.05) is 53.3 Å². The van der Waals surface area contributed by atoms with Gasteiger partial charge in [-0.15, -0.1) is 10.2 Å². The molecule has 6 nitrogen and oxygen atoms in total. The summed E-state index contributed by atoms with van der Waals surface area (Å²) in [5.74, 6) is 0.946. The van der Waals surface area contributed by atoms with Crippen molar-refractivity contribution in [3.8, 4) is 11.3 Å². The van der Waals surface area contributed by atoms with Crippen LogP contribution in [0, 0.1) is 17.8 Å². The Morgan fingerprint density at radius 3 is 2.28 bits per heavy atom. The van der Waals surface area contributed by atoms with Gasteiger partial charge in [0.05, 0.1) is 11.3 Å². The second-order valence-electron chi connectivity index (χ2n) is 9.67. The average molecular weight is 518 g/mol. The SMILES string of the molecule is [2H]C([2H])(C1CCOCC1)N1C[C@H]2CC(Nc3ccc(-c4cnc(C(F)(F)F)cc4C(F)(F)F)nn3)C[C@H]2C1. The van der Waals surface area contributed by atoms with Crippen molar-refractivity contribution in [2.75, 3.05) is 38.1 Å². The van der Waals surface area contributed by atoms with Crippen molar-refractivity contribution < 1.29 is 33.8 Å². The van der Waals surface area contributed by atoms with E-state index in [1.165, 1.54) is 12.1 Å². The lowest BCUT2D eigenvalue weighted by atomic mass is 10.00. The van der Waals surface area contributed by atoms with Gasteiger partial charge in [-0.2, -0.15) is 26.3 Å². The van der Waals surface area contributed by atoms with E-state index in [1.807, 2.05) is 4.90 Å². The third-order valence-electron chi connectivity index (χ3n) is 7.13. The summed E-state index contributed by atoms with van der Waals surface area (Å²) >= 11 is 0. The van der Waals surface area contributed by atoms with Crippen LogP contribution in [-0.2, 0) is 17.1 Å². The van der Waals surface area contributed by atoms with Crippen LogP contribution in [0.1, 0.15) is 39.7 Å². The molecule has 2 aliphatic heterocycles. The van der Waals surface area contributed by atoms with Crippen molar-refractivity contribution in [2.24, 2.45) is 17.8 Å². The highest BCUT2D eigenvalue weighted by molar-refractivity contribution is 5.64. The largest absolute Gasteiger partial charge is 0.433 e. The molecular formula is C24H27F6N5O. The standard InChI is InChI=1S/C24H27F6N5O/c25-23(26,27)19-9-21(24(28,29)30)31-10-18(19)20-1-2-22(34-33-20)32-17-7-15-12-35(13-16(15)8-17)11-14-3-5-36-6-4-14/h1-2,9-10,14-17H,3-8,11-13H2,(H,32,34)/t15-,16+,17?/i11D2. The van der Waals surface area contributed by atoms with Gasteiger partial charge in [-0.05, 0) is 61.6 Å². The molecule has 196 valence electrons. The van der Waals surface area contributed by atoms with E-state index in [0.717, 1.165) is 12.8 Å². The van der Waals surface area contributed by atoms with Crippen LogP contribution in [-0.4, -0.2) is 58.9 Å². The molecule has 0 radical (unpaired) electrons. The third kappa shape index (κ3) is 5.59. The molecule has 3 atom stereocenters. The number of anilines is 1. The smallest absolute Gasteiger partial charge is 0.381 e. The van der Waals surface area contributed by atoms with Crippen LogP contribution in [0.4, 0.5) is 32.2 Å². The molecule has 36 heavy (non-hydrogen) atoms. The van der Waals surface area contributed by atoms with Gasteiger partial charge in [-0.1, -0.05) is 0 Å². The minimum Gasteiger partial charge on any atom is -0.381 e. The minimum atomic E-state index is -5.03. The van der Waals surface area contributed by atoms with Gasteiger partial charge in [0.1, 0.15) is 11.5 Å². The van der Waals surface area contributed by atoms with Gasteiger partial charge >= 0.3 is 12.4 Å².